The van der Waals surface area contributed by atoms with Crippen LogP contribution in [0.15, 0.2) is 55.0 Å². The van der Waals surface area contributed by atoms with E-state index in [0.717, 1.165) is 47.2 Å². The molecule has 0 aliphatic heterocycles. The zero-order chi connectivity index (χ0) is 24.1. The number of carbonyl (C=O) groups is 1. The van der Waals surface area contributed by atoms with E-state index >= 15 is 0 Å². The molecule has 1 aromatic carbocycles. The van der Waals surface area contributed by atoms with Gasteiger partial charge in [0.2, 0.25) is 0 Å². The van der Waals surface area contributed by atoms with Gasteiger partial charge in [0.1, 0.15) is 18.1 Å². The molecule has 0 saturated heterocycles. The van der Waals surface area contributed by atoms with E-state index in [4.69, 9.17) is 14.5 Å². The van der Waals surface area contributed by atoms with Crippen LogP contribution < -0.4 is 9.47 Å². The summed E-state index contributed by atoms with van der Waals surface area (Å²) in [5.41, 5.74) is 5.02. The lowest BCUT2D eigenvalue weighted by Gasteiger charge is -2.16. The molecular weight excluding hydrogens is 428 g/mol. The topological polar surface area (TPSA) is 81.5 Å². The van der Waals surface area contributed by atoms with Crippen molar-refractivity contribution in [1.82, 2.24) is 9.97 Å². The van der Waals surface area contributed by atoms with Gasteiger partial charge < -0.3 is 14.6 Å². The maximum absolute atomic E-state index is 11.3. The van der Waals surface area contributed by atoms with Crippen molar-refractivity contribution in [2.45, 2.75) is 52.1 Å². The van der Waals surface area contributed by atoms with Gasteiger partial charge in [-0.05, 0) is 65.8 Å². The molecule has 1 atom stereocenters. The Balaban J connectivity index is 1.52. The summed E-state index contributed by atoms with van der Waals surface area (Å²) in [5.74, 6) is 1.68. The number of pyridine rings is 2. The van der Waals surface area contributed by atoms with Crippen molar-refractivity contribution in [3.05, 3.63) is 71.7 Å². The van der Waals surface area contributed by atoms with Gasteiger partial charge in [-0.3, -0.25) is 14.8 Å². The number of hydrogen-bond donors (Lipinski definition) is 1. The van der Waals surface area contributed by atoms with E-state index in [0.29, 0.717) is 29.9 Å². The summed E-state index contributed by atoms with van der Waals surface area (Å²) in [6.07, 6.45) is 8.49. The molecule has 34 heavy (non-hydrogen) atoms. The monoisotopic (exact) mass is 460 g/mol. The zero-order valence-corrected chi connectivity index (χ0v) is 20.0. The molecule has 4 rings (SSSR count). The van der Waals surface area contributed by atoms with E-state index in [1.54, 1.807) is 25.7 Å². The normalized spacial score (nSPS) is 14.1. The Kier molecular flexibility index (Phi) is 7.46. The molecule has 6 heteroatoms. The van der Waals surface area contributed by atoms with Crippen LogP contribution in [0.4, 0.5) is 0 Å². The Labute approximate surface area is 201 Å². The van der Waals surface area contributed by atoms with Crippen molar-refractivity contribution in [2.24, 2.45) is 11.8 Å². The first-order valence-electron chi connectivity index (χ1n) is 11.8. The van der Waals surface area contributed by atoms with Gasteiger partial charge in [0.05, 0.1) is 31.6 Å². The largest absolute Gasteiger partial charge is 0.495 e. The van der Waals surface area contributed by atoms with E-state index in [1.165, 1.54) is 0 Å². The highest BCUT2D eigenvalue weighted by Crippen LogP contribution is 2.44. The van der Waals surface area contributed by atoms with Crippen LogP contribution in [-0.2, 0) is 17.8 Å². The predicted molar refractivity (Wildman–Crippen MR) is 131 cm³/mol. The Morgan fingerprint density at radius 1 is 1.12 bits per heavy atom. The van der Waals surface area contributed by atoms with E-state index in [-0.39, 0.29) is 12.3 Å². The molecule has 2 heterocycles. The molecule has 0 bridgehead atoms. The molecule has 2 aromatic heterocycles. The second-order valence-corrected chi connectivity index (χ2v) is 9.47. The smallest absolute Gasteiger partial charge is 0.303 e. The second kappa shape index (κ2) is 10.7. The number of carboxylic acid groups (broad SMARTS) is 1. The molecule has 1 unspecified atom stereocenters. The van der Waals surface area contributed by atoms with Gasteiger partial charge >= 0.3 is 5.97 Å². The summed E-state index contributed by atoms with van der Waals surface area (Å²) in [6, 6.07) is 12.1. The zero-order valence-electron chi connectivity index (χ0n) is 20.0. The highest BCUT2D eigenvalue weighted by Gasteiger charge is 2.33. The summed E-state index contributed by atoms with van der Waals surface area (Å²) in [7, 11) is 1.63. The molecule has 1 fully saturated rings. The minimum absolute atomic E-state index is 0.0764. The van der Waals surface area contributed by atoms with Gasteiger partial charge in [-0.1, -0.05) is 38.1 Å². The number of benzene rings is 1. The van der Waals surface area contributed by atoms with Crippen molar-refractivity contribution >= 4 is 5.97 Å². The summed E-state index contributed by atoms with van der Waals surface area (Å²) in [4.78, 5) is 20.3. The summed E-state index contributed by atoms with van der Waals surface area (Å²) < 4.78 is 11.5. The van der Waals surface area contributed by atoms with Gasteiger partial charge in [0.25, 0.3) is 0 Å². The number of aromatic nitrogens is 2. The molecule has 6 nitrogen and oxygen atoms in total. The molecule has 3 aromatic rings. The third-order valence-electron chi connectivity index (χ3n) is 6.16. The van der Waals surface area contributed by atoms with Crippen LogP contribution in [0.25, 0.3) is 11.3 Å². The van der Waals surface area contributed by atoms with E-state index < -0.39 is 5.97 Å². The van der Waals surface area contributed by atoms with Gasteiger partial charge in [0, 0.05) is 11.8 Å². The van der Waals surface area contributed by atoms with Crippen LogP contribution in [-0.4, -0.2) is 28.2 Å². The molecule has 0 spiro atoms. The van der Waals surface area contributed by atoms with Gasteiger partial charge in [-0.2, -0.15) is 0 Å². The highest BCUT2D eigenvalue weighted by atomic mass is 16.5. The van der Waals surface area contributed by atoms with Crippen molar-refractivity contribution in [3.63, 3.8) is 0 Å². The van der Waals surface area contributed by atoms with E-state index in [9.17, 15) is 9.90 Å². The van der Waals surface area contributed by atoms with Crippen LogP contribution in [0.2, 0.25) is 0 Å². The molecular formula is C28H32N2O4. The Morgan fingerprint density at radius 2 is 1.94 bits per heavy atom. The van der Waals surface area contributed by atoms with Gasteiger partial charge in [0.15, 0.2) is 0 Å². The number of hydrogen-bond acceptors (Lipinski definition) is 5. The number of methoxy groups -OCH3 is 1. The van der Waals surface area contributed by atoms with Crippen molar-refractivity contribution < 1.29 is 19.4 Å². The molecule has 1 N–H and O–H groups in total. The maximum Gasteiger partial charge on any atom is 0.303 e. The van der Waals surface area contributed by atoms with Crippen LogP contribution in [0.1, 0.15) is 55.7 Å². The third kappa shape index (κ3) is 6.13. The highest BCUT2D eigenvalue weighted by molar-refractivity contribution is 5.68. The number of nitrogens with zero attached hydrogens (tertiary/aromatic N) is 2. The number of rotatable bonds is 11. The first-order chi connectivity index (χ1) is 16.4. The van der Waals surface area contributed by atoms with Crippen LogP contribution in [0, 0.1) is 11.8 Å². The summed E-state index contributed by atoms with van der Waals surface area (Å²) >= 11 is 0. The second-order valence-electron chi connectivity index (χ2n) is 9.47. The Hall–Kier alpha value is -3.41. The maximum atomic E-state index is 11.3. The predicted octanol–water partition coefficient (Wildman–Crippen LogP) is 5.90. The first kappa shape index (κ1) is 23.7. The van der Waals surface area contributed by atoms with E-state index in [2.05, 4.69) is 31.0 Å². The van der Waals surface area contributed by atoms with Crippen LogP contribution in [0.3, 0.4) is 0 Å². The SMILES string of the molecule is COc1cncc(-c2ncc(OCc3cccc(C(CC(=O)O)C4CC4)c3)cc2CC(C)C)c1. The summed E-state index contributed by atoms with van der Waals surface area (Å²) in [5, 5.41) is 9.32. The fraction of sp³-hybridized carbons (Fsp3) is 0.393. The lowest BCUT2D eigenvalue weighted by atomic mass is 9.90. The third-order valence-corrected chi connectivity index (χ3v) is 6.16. The number of carboxylic acids is 1. The lowest BCUT2D eigenvalue weighted by Crippen LogP contribution is -2.09. The van der Waals surface area contributed by atoms with Crippen LogP contribution in [0.5, 0.6) is 11.5 Å². The van der Waals surface area contributed by atoms with E-state index in [1.807, 2.05) is 24.3 Å². The first-order valence-corrected chi connectivity index (χ1v) is 11.8. The molecule has 1 aliphatic rings. The lowest BCUT2D eigenvalue weighted by molar-refractivity contribution is -0.137. The standard InChI is InChI=1S/C28H32N2O4/c1-18(2)9-22-11-25(16-30-28(22)23-12-24(33-3)15-29-14-23)34-17-19-5-4-6-21(10-19)26(13-27(31)32)20-7-8-20/h4-6,10-12,14-16,18,20,26H,7-9,13,17H2,1-3H3,(H,31,32). The average Bonchev–Trinajstić information content (AvgIpc) is 3.66. The van der Waals surface area contributed by atoms with Crippen molar-refractivity contribution in [2.75, 3.05) is 7.11 Å². The minimum Gasteiger partial charge on any atom is -0.495 e. The molecule has 1 saturated carbocycles. The van der Waals surface area contributed by atoms with Gasteiger partial charge in [-0.25, -0.2) is 0 Å². The minimum atomic E-state index is -0.742. The van der Waals surface area contributed by atoms with Crippen LogP contribution >= 0.6 is 0 Å². The fourth-order valence-electron chi connectivity index (χ4n) is 4.41. The molecule has 1 aliphatic carbocycles. The Morgan fingerprint density at radius 3 is 2.65 bits per heavy atom. The quantitative estimate of drug-likeness (QED) is 0.384. The van der Waals surface area contributed by atoms with Crippen molar-refractivity contribution in [3.8, 4) is 22.8 Å². The molecule has 0 amide bonds. The molecule has 178 valence electrons. The Bertz CT molecular complexity index is 1140. The summed E-state index contributed by atoms with van der Waals surface area (Å²) in [6.45, 7) is 4.77. The average molecular weight is 461 g/mol. The molecule has 0 radical (unpaired) electrons. The van der Waals surface area contributed by atoms with Gasteiger partial charge in [-0.15, -0.1) is 0 Å². The number of ether oxygens (including phenoxy) is 2. The fourth-order valence-corrected chi connectivity index (χ4v) is 4.41. The van der Waals surface area contributed by atoms with Crippen molar-refractivity contribution in [1.29, 1.82) is 0 Å². The number of aliphatic carboxylic acids is 1.